The van der Waals surface area contributed by atoms with Gasteiger partial charge in [0.15, 0.2) is 0 Å². The van der Waals surface area contributed by atoms with Gasteiger partial charge in [-0.1, -0.05) is 32.9 Å². The molecule has 1 N–H and O–H groups in total. The fourth-order valence-electron chi connectivity index (χ4n) is 1.45. The molecule has 3 heteroatoms. The molecule has 0 radical (unpaired) electrons. The first kappa shape index (κ1) is 13.7. The summed E-state index contributed by atoms with van der Waals surface area (Å²) in [5.74, 6) is 0.350. The van der Waals surface area contributed by atoms with Crippen LogP contribution in [0.25, 0.3) is 0 Å². The van der Waals surface area contributed by atoms with E-state index >= 15 is 0 Å². The number of aliphatic hydroxyl groups excluding tert-OH is 1. The first-order chi connectivity index (χ1) is 7.99. The molecule has 1 rings (SSSR count). The summed E-state index contributed by atoms with van der Waals surface area (Å²) in [5.41, 5.74) is 0.752. The Morgan fingerprint density at radius 1 is 1.29 bits per heavy atom. The van der Waals surface area contributed by atoms with Gasteiger partial charge >= 0.3 is 5.97 Å². The molecule has 0 aliphatic rings. The highest BCUT2D eigenvalue weighted by Crippen LogP contribution is 2.24. The molecule has 17 heavy (non-hydrogen) atoms. The molecule has 0 bridgehead atoms. The second kappa shape index (κ2) is 5.82. The van der Waals surface area contributed by atoms with Crippen LogP contribution in [-0.4, -0.2) is 17.7 Å². The van der Waals surface area contributed by atoms with Crippen LogP contribution in [0, 0.1) is 0 Å². The van der Waals surface area contributed by atoms with Crippen LogP contribution in [-0.2, 0) is 10.2 Å². The van der Waals surface area contributed by atoms with Crippen molar-refractivity contribution in [3.05, 3.63) is 29.8 Å². The van der Waals surface area contributed by atoms with Crippen LogP contribution in [0.15, 0.2) is 24.3 Å². The first-order valence-corrected chi connectivity index (χ1v) is 5.91. The van der Waals surface area contributed by atoms with Gasteiger partial charge in [-0.25, -0.2) is 0 Å². The van der Waals surface area contributed by atoms with Gasteiger partial charge in [0.2, 0.25) is 0 Å². The zero-order chi connectivity index (χ0) is 12.9. The van der Waals surface area contributed by atoms with E-state index in [1.54, 1.807) is 12.1 Å². The summed E-state index contributed by atoms with van der Waals surface area (Å²) in [7, 11) is 0. The maximum absolute atomic E-state index is 11.3. The van der Waals surface area contributed by atoms with Crippen molar-refractivity contribution >= 4 is 5.97 Å². The molecule has 3 nitrogen and oxygen atoms in total. The highest BCUT2D eigenvalue weighted by Gasteiger charge is 2.19. The van der Waals surface area contributed by atoms with Crippen molar-refractivity contribution in [3.63, 3.8) is 0 Å². The highest BCUT2D eigenvalue weighted by atomic mass is 16.5. The lowest BCUT2D eigenvalue weighted by Gasteiger charge is -2.22. The average Bonchev–Trinajstić information content (AvgIpc) is 2.30. The Balaban J connectivity index is 2.72. The maximum atomic E-state index is 11.3. The van der Waals surface area contributed by atoms with Crippen molar-refractivity contribution in [2.24, 2.45) is 0 Å². The van der Waals surface area contributed by atoms with Gasteiger partial charge in [0.05, 0.1) is 6.61 Å². The summed E-state index contributed by atoms with van der Waals surface area (Å²) in [5, 5.41) is 9.25. The molecule has 1 aromatic rings. The fraction of sp³-hybridized carbons (Fsp3) is 0.500. The Kier molecular flexibility index (Phi) is 4.70. The van der Waals surface area contributed by atoms with Crippen molar-refractivity contribution < 1.29 is 14.6 Å². The Labute approximate surface area is 102 Å². The number of carbonyl (C=O) groups is 1. The second-order valence-corrected chi connectivity index (χ2v) is 4.79. The third kappa shape index (κ3) is 3.86. The van der Waals surface area contributed by atoms with E-state index < -0.39 is 0 Å². The van der Waals surface area contributed by atoms with Gasteiger partial charge < -0.3 is 9.84 Å². The molecule has 0 aliphatic heterocycles. The Bertz CT molecular complexity index is 366. The lowest BCUT2D eigenvalue weighted by molar-refractivity contribution is -0.134. The topological polar surface area (TPSA) is 46.5 Å². The van der Waals surface area contributed by atoms with E-state index in [1.807, 2.05) is 32.9 Å². The van der Waals surface area contributed by atoms with Crippen LogP contribution in [0.2, 0.25) is 0 Å². The maximum Gasteiger partial charge on any atom is 0.311 e. The van der Waals surface area contributed by atoms with E-state index in [4.69, 9.17) is 4.74 Å². The van der Waals surface area contributed by atoms with Crippen LogP contribution in [0.1, 0.15) is 39.2 Å². The molecule has 0 saturated heterocycles. The molecule has 0 heterocycles. The molecule has 0 amide bonds. The summed E-state index contributed by atoms with van der Waals surface area (Å²) in [6, 6.07) is 7.29. The lowest BCUT2D eigenvalue weighted by atomic mass is 9.86. The molecule has 0 aromatic heterocycles. The summed E-state index contributed by atoms with van der Waals surface area (Å²) < 4.78 is 5.15. The molecule has 1 aromatic carbocycles. The lowest BCUT2D eigenvalue weighted by Crippen LogP contribution is -2.21. The molecule has 0 unspecified atom stereocenters. The van der Waals surface area contributed by atoms with Crippen LogP contribution >= 0.6 is 0 Å². The third-order valence-corrected chi connectivity index (χ3v) is 2.72. The molecule has 0 atom stereocenters. The minimum absolute atomic E-state index is 0.0853. The second-order valence-electron chi connectivity index (χ2n) is 4.79. The van der Waals surface area contributed by atoms with Crippen molar-refractivity contribution in [2.75, 3.05) is 6.61 Å². The van der Waals surface area contributed by atoms with Gasteiger partial charge in [-0.05, 0) is 24.1 Å². The smallest absolute Gasteiger partial charge is 0.311 e. The molecule has 0 fully saturated rings. The molecular weight excluding hydrogens is 216 g/mol. The minimum Gasteiger partial charge on any atom is -0.427 e. The van der Waals surface area contributed by atoms with Gasteiger partial charge in [0.25, 0.3) is 0 Å². The van der Waals surface area contributed by atoms with Crippen LogP contribution in [0.4, 0.5) is 0 Å². The number of carbonyl (C=O) groups excluding carboxylic acids is 1. The van der Waals surface area contributed by atoms with Crippen molar-refractivity contribution in [3.8, 4) is 5.75 Å². The summed E-state index contributed by atoms with van der Waals surface area (Å²) in [6.45, 7) is 5.95. The molecule has 0 spiro atoms. The number of esters is 1. The van der Waals surface area contributed by atoms with Crippen molar-refractivity contribution in [1.82, 2.24) is 0 Å². The fourth-order valence-corrected chi connectivity index (χ4v) is 1.45. The predicted octanol–water partition coefficient (Wildman–Crippen LogP) is 2.66. The first-order valence-electron chi connectivity index (χ1n) is 5.91. The molecule has 0 aliphatic carbocycles. The Morgan fingerprint density at radius 2 is 1.88 bits per heavy atom. The third-order valence-electron chi connectivity index (χ3n) is 2.72. The van der Waals surface area contributed by atoms with E-state index in [2.05, 4.69) is 0 Å². The average molecular weight is 236 g/mol. The predicted molar refractivity (Wildman–Crippen MR) is 67.1 cm³/mol. The van der Waals surface area contributed by atoms with Crippen molar-refractivity contribution in [1.29, 1.82) is 0 Å². The standard InChI is InChI=1S/C14H20O3/c1-4-5-13(16)17-12-8-6-11(7-9-12)14(2,3)10-15/h6-9,15H,4-5,10H2,1-3H3. The highest BCUT2D eigenvalue weighted by molar-refractivity contribution is 5.72. The van der Waals surface area contributed by atoms with Crippen LogP contribution in [0.5, 0.6) is 5.75 Å². The molecular formula is C14H20O3. The largest absolute Gasteiger partial charge is 0.427 e. The number of rotatable bonds is 5. The molecule has 94 valence electrons. The van der Waals surface area contributed by atoms with Crippen LogP contribution in [0.3, 0.4) is 0 Å². The monoisotopic (exact) mass is 236 g/mol. The normalized spacial score (nSPS) is 11.3. The van der Waals surface area contributed by atoms with E-state index in [0.717, 1.165) is 12.0 Å². The SMILES string of the molecule is CCCC(=O)Oc1ccc(C(C)(C)CO)cc1. The Morgan fingerprint density at radius 3 is 2.35 bits per heavy atom. The van der Waals surface area contributed by atoms with E-state index in [0.29, 0.717) is 12.2 Å². The zero-order valence-electron chi connectivity index (χ0n) is 10.7. The number of hydrogen-bond acceptors (Lipinski definition) is 3. The summed E-state index contributed by atoms with van der Waals surface area (Å²) >= 11 is 0. The quantitative estimate of drug-likeness (QED) is 0.631. The van der Waals surface area contributed by atoms with Gasteiger partial charge in [-0.3, -0.25) is 4.79 Å². The van der Waals surface area contributed by atoms with Crippen molar-refractivity contribution in [2.45, 2.75) is 39.0 Å². The minimum atomic E-state index is -0.272. The number of aliphatic hydroxyl groups is 1. The number of benzene rings is 1. The summed E-state index contributed by atoms with van der Waals surface area (Å²) in [4.78, 5) is 11.3. The van der Waals surface area contributed by atoms with Gasteiger partial charge in [-0.2, -0.15) is 0 Å². The van der Waals surface area contributed by atoms with E-state index in [1.165, 1.54) is 0 Å². The summed E-state index contributed by atoms with van der Waals surface area (Å²) in [6.07, 6.45) is 1.22. The van der Waals surface area contributed by atoms with Gasteiger partial charge in [0, 0.05) is 11.8 Å². The zero-order valence-corrected chi connectivity index (χ0v) is 10.7. The number of ether oxygens (including phenoxy) is 1. The van der Waals surface area contributed by atoms with Gasteiger partial charge in [-0.15, -0.1) is 0 Å². The number of hydrogen-bond donors (Lipinski definition) is 1. The van der Waals surface area contributed by atoms with Crippen LogP contribution < -0.4 is 4.74 Å². The van der Waals surface area contributed by atoms with Gasteiger partial charge in [0.1, 0.15) is 5.75 Å². The molecule has 0 saturated carbocycles. The van der Waals surface area contributed by atoms with E-state index in [9.17, 15) is 9.90 Å². The Hall–Kier alpha value is -1.35. The van der Waals surface area contributed by atoms with E-state index in [-0.39, 0.29) is 18.0 Å².